The van der Waals surface area contributed by atoms with Crippen LogP contribution in [0.25, 0.3) is 0 Å². The van der Waals surface area contributed by atoms with Gasteiger partial charge in [-0.05, 0) is 5.92 Å². The summed E-state index contributed by atoms with van der Waals surface area (Å²) in [4.78, 5) is 22.9. The molecular weight excluding hydrogens is 290 g/mol. The van der Waals surface area contributed by atoms with Crippen molar-refractivity contribution >= 4 is 17.5 Å². The van der Waals surface area contributed by atoms with E-state index in [-0.39, 0.29) is 22.5 Å². The monoisotopic (exact) mass is 313 g/mol. The van der Waals surface area contributed by atoms with Gasteiger partial charge in [0.15, 0.2) is 5.69 Å². The predicted molar refractivity (Wildman–Crippen MR) is 83.7 cm³/mol. The van der Waals surface area contributed by atoms with Gasteiger partial charge in [0.1, 0.15) is 5.82 Å². The summed E-state index contributed by atoms with van der Waals surface area (Å²) in [5.74, 6) is 0.955. The molecule has 1 rings (SSSR count). The fourth-order valence-corrected chi connectivity index (χ4v) is 2.05. The van der Waals surface area contributed by atoms with Crippen molar-refractivity contribution in [2.24, 2.45) is 5.92 Å². The van der Waals surface area contributed by atoms with E-state index in [0.29, 0.717) is 31.4 Å². The number of amides is 1. The van der Waals surface area contributed by atoms with Crippen LogP contribution in [-0.4, -0.2) is 47.6 Å². The topological polar surface area (TPSA) is 55.3 Å². The first-order valence-electron chi connectivity index (χ1n) is 7.17. The van der Waals surface area contributed by atoms with Crippen molar-refractivity contribution in [1.29, 1.82) is 0 Å². The van der Waals surface area contributed by atoms with Crippen LogP contribution in [0.15, 0.2) is 6.20 Å². The van der Waals surface area contributed by atoms with Crippen LogP contribution in [-0.2, 0) is 4.74 Å². The molecule has 5 nitrogen and oxygen atoms in total. The minimum atomic E-state index is -0.171. The number of carbonyl (C=O) groups is 1. The highest BCUT2D eigenvalue weighted by Gasteiger charge is 2.22. The molecule has 118 valence electrons. The van der Waals surface area contributed by atoms with Gasteiger partial charge in [-0.3, -0.25) is 4.79 Å². The normalized spacial score (nSPS) is 11.2. The fraction of sp³-hybridized carbons (Fsp3) is 0.667. The molecule has 0 bridgehead atoms. The average Bonchev–Trinajstić information content (AvgIpc) is 2.42. The number of hydrogen-bond donors (Lipinski definition) is 0. The summed E-state index contributed by atoms with van der Waals surface area (Å²) in [5, 5.41) is 0.288. The molecule has 1 aromatic heterocycles. The van der Waals surface area contributed by atoms with E-state index in [1.807, 2.05) is 13.8 Å². The average molecular weight is 314 g/mol. The Balaban J connectivity index is 3.03. The van der Waals surface area contributed by atoms with E-state index >= 15 is 0 Å². The number of aromatic nitrogens is 2. The minimum absolute atomic E-state index is 0.145. The van der Waals surface area contributed by atoms with Crippen LogP contribution in [0.2, 0.25) is 5.02 Å². The first-order chi connectivity index (χ1) is 9.86. The van der Waals surface area contributed by atoms with Crippen LogP contribution >= 0.6 is 11.6 Å². The molecule has 6 heteroatoms. The van der Waals surface area contributed by atoms with Crippen molar-refractivity contribution < 1.29 is 9.53 Å². The molecule has 1 heterocycles. The molecular formula is C15H24ClN3O2. The zero-order chi connectivity index (χ0) is 16.0. The van der Waals surface area contributed by atoms with Gasteiger partial charge >= 0.3 is 0 Å². The second-order valence-corrected chi connectivity index (χ2v) is 6.12. The molecule has 0 aliphatic carbocycles. The zero-order valence-electron chi connectivity index (χ0n) is 13.4. The van der Waals surface area contributed by atoms with Crippen molar-refractivity contribution in [2.45, 2.75) is 33.6 Å². The van der Waals surface area contributed by atoms with Crippen molar-refractivity contribution in [3.05, 3.63) is 22.7 Å². The Hall–Kier alpha value is -1.20. The summed E-state index contributed by atoms with van der Waals surface area (Å²) in [6.45, 7) is 9.73. The number of ether oxygens (including phenoxy) is 1. The van der Waals surface area contributed by atoms with Crippen molar-refractivity contribution in [2.75, 3.05) is 26.8 Å². The van der Waals surface area contributed by atoms with E-state index < -0.39 is 0 Å². The summed E-state index contributed by atoms with van der Waals surface area (Å²) >= 11 is 6.11. The standard InChI is InChI=1S/C15H24ClN3O2/c1-10(2)9-19(6-7-21-5)15(20)13-12(16)8-17-14(18-13)11(3)4/h8,10-11H,6-7,9H2,1-5H3. The maximum absolute atomic E-state index is 12.7. The van der Waals surface area contributed by atoms with Crippen LogP contribution in [0, 0.1) is 5.92 Å². The molecule has 0 saturated carbocycles. The molecule has 1 amide bonds. The molecule has 0 aliphatic rings. The molecule has 21 heavy (non-hydrogen) atoms. The highest BCUT2D eigenvalue weighted by atomic mass is 35.5. The number of carbonyl (C=O) groups excluding carboxylic acids is 1. The minimum Gasteiger partial charge on any atom is -0.383 e. The summed E-state index contributed by atoms with van der Waals surface area (Å²) in [5.41, 5.74) is 0.270. The van der Waals surface area contributed by atoms with E-state index in [1.54, 1.807) is 12.0 Å². The Kier molecular flexibility index (Phi) is 7.05. The third-order valence-corrected chi connectivity index (χ3v) is 3.20. The zero-order valence-corrected chi connectivity index (χ0v) is 14.1. The van der Waals surface area contributed by atoms with Gasteiger partial charge in [-0.25, -0.2) is 9.97 Å². The predicted octanol–water partition coefficient (Wildman–Crippen LogP) is 3.00. The van der Waals surface area contributed by atoms with Gasteiger partial charge < -0.3 is 9.64 Å². The van der Waals surface area contributed by atoms with E-state index in [0.717, 1.165) is 0 Å². The molecule has 0 radical (unpaired) electrons. The third kappa shape index (κ3) is 5.25. The molecule has 0 saturated heterocycles. The first kappa shape index (κ1) is 17.9. The maximum Gasteiger partial charge on any atom is 0.274 e. The Bertz CT molecular complexity index is 478. The smallest absolute Gasteiger partial charge is 0.274 e. The van der Waals surface area contributed by atoms with Crippen LogP contribution in [0.5, 0.6) is 0 Å². The number of rotatable bonds is 7. The lowest BCUT2D eigenvalue weighted by atomic mass is 10.2. The van der Waals surface area contributed by atoms with Gasteiger partial charge in [0, 0.05) is 26.1 Å². The summed E-state index contributed by atoms with van der Waals surface area (Å²) < 4.78 is 5.07. The number of halogens is 1. The van der Waals surface area contributed by atoms with E-state index in [4.69, 9.17) is 16.3 Å². The van der Waals surface area contributed by atoms with Crippen molar-refractivity contribution in [1.82, 2.24) is 14.9 Å². The van der Waals surface area contributed by atoms with Gasteiger partial charge in [-0.2, -0.15) is 0 Å². The van der Waals surface area contributed by atoms with E-state index in [9.17, 15) is 4.79 Å². The summed E-state index contributed by atoms with van der Waals surface area (Å²) in [7, 11) is 1.62. The van der Waals surface area contributed by atoms with E-state index in [2.05, 4.69) is 23.8 Å². The SMILES string of the molecule is COCCN(CC(C)C)C(=O)c1nc(C(C)C)ncc1Cl. The third-order valence-electron chi connectivity index (χ3n) is 2.92. The lowest BCUT2D eigenvalue weighted by molar-refractivity contribution is 0.0666. The van der Waals surface area contributed by atoms with Crippen LogP contribution < -0.4 is 0 Å². The molecule has 0 fully saturated rings. The molecule has 0 N–H and O–H groups in total. The van der Waals surface area contributed by atoms with Gasteiger partial charge in [0.25, 0.3) is 5.91 Å². The fourth-order valence-electron chi connectivity index (χ4n) is 1.88. The van der Waals surface area contributed by atoms with Gasteiger partial charge in [-0.15, -0.1) is 0 Å². The van der Waals surface area contributed by atoms with Gasteiger partial charge in [-0.1, -0.05) is 39.3 Å². The second-order valence-electron chi connectivity index (χ2n) is 5.72. The first-order valence-corrected chi connectivity index (χ1v) is 7.55. The lowest BCUT2D eigenvalue weighted by Gasteiger charge is -2.24. The van der Waals surface area contributed by atoms with Crippen LogP contribution in [0.4, 0.5) is 0 Å². The largest absolute Gasteiger partial charge is 0.383 e. The summed E-state index contributed by atoms with van der Waals surface area (Å²) in [6.07, 6.45) is 1.50. The highest BCUT2D eigenvalue weighted by molar-refractivity contribution is 6.33. The Morgan fingerprint density at radius 3 is 2.57 bits per heavy atom. The lowest BCUT2D eigenvalue weighted by Crippen LogP contribution is -2.37. The quantitative estimate of drug-likeness (QED) is 0.776. The molecule has 1 aromatic rings. The Morgan fingerprint density at radius 1 is 1.38 bits per heavy atom. The number of hydrogen-bond acceptors (Lipinski definition) is 4. The van der Waals surface area contributed by atoms with E-state index in [1.165, 1.54) is 6.20 Å². The molecule has 0 aromatic carbocycles. The van der Waals surface area contributed by atoms with Gasteiger partial charge in [0.2, 0.25) is 0 Å². The number of methoxy groups -OCH3 is 1. The van der Waals surface area contributed by atoms with Gasteiger partial charge in [0.05, 0.1) is 17.8 Å². The maximum atomic E-state index is 12.7. The molecule has 0 unspecified atom stereocenters. The molecule has 0 atom stereocenters. The molecule has 0 spiro atoms. The van der Waals surface area contributed by atoms with Crippen LogP contribution in [0.1, 0.15) is 49.9 Å². The Labute approximate surface area is 131 Å². The van der Waals surface area contributed by atoms with Crippen molar-refractivity contribution in [3.63, 3.8) is 0 Å². The second kappa shape index (κ2) is 8.29. The summed E-state index contributed by atoms with van der Waals surface area (Å²) in [6, 6.07) is 0. The Morgan fingerprint density at radius 2 is 2.05 bits per heavy atom. The van der Waals surface area contributed by atoms with Crippen LogP contribution in [0.3, 0.4) is 0 Å². The van der Waals surface area contributed by atoms with Crippen molar-refractivity contribution in [3.8, 4) is 0 Å². The highest BCUT2D eigenvalue weighted by Crippen LogP contribution is 2.18. The molecule has 0 aliphatic heterocycles. The number of nitrogens with zero attached hydrogens (tertiary/aromatic N) is 3.